The fraction of sp³-hybridized carbons (Fsp3) is 0.297. The number of hydrogen-bond donors (Lipinski definition) is 0. The SMILES string of the molecule is C=CC(C1=CC(=O)C(OC)=CC1=O)c1ccc(OC)cc1.c1cc2c(cc1C1OCC3C(c4ccc5c(c4)OCO5)OCC13)OCO2. The van der Waals surface area contributed by atoms with Crippen LogP contribution in [0.2, 0.25) is 0 Å². The van der Waals surface area contributed by atoms with E-state index in [2.05, 4.69) is 18.7 Å². The molecule has 47 heavy (non-hydrogen) atoms. The smallest absolute Gasteiger partial charge is 0.231 e. The largest absolute Gasteiger partial charge is 0.497 e. The van der Waals surface area contributed by atoms with Crippen LogP contribution in [0.3, 0.4) is 0 Å². The molecule has 2 saturated heterocycles. The molecule has 0 aromatic heterocycles. The van der Waals surface area contributed by atoms with Gasteiger partial charge in [-0.25, -0.2) is 0 Å². The van der Waals surface area contributed by atoms with E-state index in [1.165, 1.54) is 19.3 Å². The number of ether oxygens (including phenoxy) is 8. The molecule has 0 radical (unpaired) electrons. The Balaban J connectivity index is 0.000000154. The molecule has 10 nitrogen and oxygen atoms in total. The number of methoxy groups -OCH3 is 2. The Kier molecular flexibility index (Phi) is 8.45. The topological polar surface area (TPSA) is 108 Å². The van der Waals surface area contributed by atoms with Gasteiger partial charge in [-0.2, -0.15) is 0 Å². The number of carbonyl (C=O) groups excluding carboxylic acids is 2. The molecule has 8 rings (SSSR count). The van der Waals surface area contributed by atoms with Crippen molar-refractivity contribution in [2.24, 2.45) is 11.8 Å². The van der Waals surface area contributed by atoms with Crippen LogP contribution in [0.15, 0.2) is 96.8 Å². The number of ketones is 2. The number of benzene rings is 3. The monoisotopic (exact) mass is 638 g/mol. The first-order valence-corrected chi connectivity index (χ1v) is 15.3. The second-order valence-electron chi connectivity index (χ2n) is 11.6. The second-order valence-corrected chi connectivity index (χ2v) is 11.6. The highest BCUT2D eigenvalue weighted by atomic mass is 16.7. The van der Waals surface area contributed by atoms with Gasteiger partial charge in [0.25, 0.3) is 0 Å². The highest BCUT2D eigenvalue weighted by Crippen LogP contribution is 2.52. The first-order valence-electron chi connectivity index (χ1n) is 15.3. The van der Waals surface area contributed by atoms with Crippen LogP contribution in [0, 0.1) is 11.8 Å². The first-order chi connectivity index (χ1) is 23.0. The van der Waals surface area contributed by atoms with Crippen molar-refractivity contribution in [1.82, 2.24) is 0 Å². The minimum absolute atomic E-state index is 0.0218. The molecule has 3 aromatic carbocycles. The zero-order valence-corrected chi connectivity index (χ0v) is 26.0. The van der Waals surface area contributed by atoms with Gasteiger partial charge in [-0.1, -0.05) is 30.3 Å². The first kappa shape index (κ1) is 30.6. The molecule has 242 valence electrons. The molecule has 0 bridgehead atoms. The van der Waals surface area contributed by atoms with Crippen molar-refractivity contribution in [3.05, 3.63) is 113 Å². The van der Waals surface area contributed by atoms with Gasteiger partial charge in [0.05, 0.1) is 39.6 Å². The van der Waals surface area contributed by atoms with Gasteiger partial charge >= 0.3 is 0 Å². The molecular formula is C37H34O10. The van der Waals surface area contributed by atoms with E-state index in [1.807, 2.05) is 36.4 Å². The third-order valence-corrected chi connectivity index (χ3v) is 9.06. The van der Waals surface area contributed by atoms with E-state index in [1.54, 1.807) is 25.3 Å². The van der Waals surface area contributed by atoms with Gasteiger partial charge in [-0.05, 0) is 59.2 Å². The summed E-state index contributed by atoms with van der Waals surface area (Å²) in [7, 11) is 2.95. The minimum atomic E-state index is -0.345. The molecule has 10 heteroatoms. The Bertz CT molecular complexity index is 1690. The van der Waals surface area contributed by atoms with Gasteiger partial charge < -0.3 is 37.9 Å². The summed E-state index contributed by atoms with van der Waals surface area (Å²) in [4.78, 5) is 24.0. The predicted molar refractivity (Wildman–Crippen MR) is 169 cm³/mol. The normalized spacial score (nSPS) is 24.0. The molecule has 0 spiro atoms. The van der Waals surface area contributed by atoms with E-state index < -0.39 is 0 Å². The standard InChI is InChI=1S/C20H18O6.C17H16O4/c1-3-15-17(25-9-23-15)5-11(1)19-13-7-22-20(14(13)8-21-19)12-2-4-16-18(6-12)26-10-24-16;1-4-13(11-5-7-12(20-2)8-6-11)14-9-16(19)17(21-3)10-15(14)18/h1-6,13-14,19-20H,7-10H2;4-10,13H,1H2,2-3H3. The van der Waals surface area contributed by atoms with Gasteiger partial charge in [-0.15, -0.1) is 6.58 Å². The van der Waals surface area contributed by atoms with E-state index in [4.69, 9.17) is 37.9 Å². The fourth-order valence-electron chi connectivity index (χ4n) is 6.63. The summed E-state index contributed by atoms with van der Waals surface area (Å²) in [6, 6.07) is 19.4. The van der Waals surface area contributed by atoms with E-state index >= 15 is 0 Å². The molecule has 5 unspecified atom stereocenters. The van der Waals surface area contributed by atoms with Gasteiger partial charge in [0.15, 0.2) is 34.5 Å². The Morgan fingerprint density at radius 1 is 0.702 bits per heavy atom. The van der Waals surface area contributed by atoms with E-state index in [-0.39, 0.29) is 49.0 Å². The summed E-state index contributed by atoms with van der Waals surface area (Å²) in [5, 5.41) is 0. The summed E-state index contributed by atoms with van der Waals surface area (Å²) >= 11 is 0. The maximum absolute atomic E-state index is 12.2. The number of hydrogen-bond acceptors (Lipinski definition) is 10. The van der Waals surface area contributed by atoms with Gasteiger partial charge in [0, 0.05) is 29.4 Å². The average Bonchev–Trinajstić information content (AvgIpc) is 3.91. The van der Waals surface area contributed by atoms with Crippen molar-refractivity contribution in [3.8, 4) is 28.7 Å². The molecule has 0 saturated carbocycles. The lowest BCUT2D eigenvalue weighted by atomic mass is 9.85. The van der Waals surface area contributed by atoms with Gasteiger partial charge in [0.1, 0.15) is 5.75 Å². The lowest BCUT2D eigenvalue weighted by molar-refractivity contribution is -0.117. The number of rotatable bonds is 7. The molecule has 4 heterocycles. The molecule has 2 fully saturated rings. The Morgan fingerprint density at radius 3 is 1.77 bits per heavy atom. The predicted octanol–water partition coefficient (Wildman–Crippen LogP) is 5.79. The molecule has 5 aliphatic rings. The van der Waals surface area contributed by atoms with Crippen LogP contribution in [0.5, 0.6) is 28.7 Å². The summed E-state index contributed by atoms with van der Waals surface area (Å²) in [6.07, 6.45) is 4.22. The van der Waals surface area contributed by atoms with Crippen molar-refractivity contribution < 1.29 is 47.5 Å². The molecule has 0 N–H and O–H groups in total. The minimum Gasteiger partial charge on any atom is -0.497 e. The summed E-state index contributed by atoms with van der Waals surface area (Å²) in [5.41, 5.74) is 3.50. The number of fused-ring (bicyclic) bond motifs is 3. The summed E-state index contributed by atoms with van der Waals surface area (Å²) in [5.74, 6) is 3.71. The molecule has 1 aliphatic carbocycles. The highest BCUT2D eigenvalue weighted by molar-refractivity contribution is 6.19. The van der Waals surface area contributed by atoms with Crippen molar-refractivity contribution in [1.29, 1.82) is 0 Å². The second kappa shape index (κ2) is 13.0. The zero-order valence-electron chi connectivity index (χ0n) is 26.0. The molecule has 3 aromatic rings. The van der Waals surface area contributed by atoms with E-state index in [0.717, 1.165) is 45.4 Å². The van der Waals surface area contributed by atoms with Crippen molar-refractivity contribution in [3.63, 3.8) is 0 Å². The van der Waals surface area contributed by atoms with Gasteiger partial charge in [0.2, 0.25) is 19.4 Å². The molecule has 5 atom stereocenters. The van der Waals surface area contributed by atoms with Crippen molar-refractivity contribution in [2.45, 2.75) is 18.1 Å². The third kappa shape index (κ3) is 5.86. The van der Waals surface area contributed by atoms with Crippen LogP contribution in [-0.2, 0) is 23.8 Å². The zero-order chi connectivity index (χ0) is 32.5. The molecule has 4 aliphatic heterocycles. The third-order valence-electron chi connectivity index (χ3n) is 9.06. The Morgan fingerprint density at radius 2 is 1.26 bits per heavy atom. The van der Waals surface area contributed by atoms with Crippen LogP contribution in [0.25, 0.3) is 0 Å². The summed E-state index contributed by atoms with van der Waals surface area (Å²) in [6.45, 7) is 5.70. The van der Waals surface area contributed by atoms with E-state index in [0.29, 0.717) is 30.6 Å². The fourth-order valence-corrected chi connectivity index (χ4v) is 6.63. The van der Waals surface area contributed by atoms with Crippen LogP contribution >= 0.6 is 0 Å². The van der Waals surface area contributed by atoms with Crippen molar-refractivity contribution >= 4 is 11.6 Å². The van der Waals surface area contributed by atoms with Crippen molar-refractivity contribution in [2.75, 3.05) is 41.0 Å². The Hall–Kier alpha value is -5.06. The molecular weight excluding hydrogens is 604 g/mol. The lowest BCUT2D eigenvalue weighted by Crippen LogP contribution is -2.18. The number of allylic oxidation sites excluding steroid dienone is 4. The number of carbonyl (C=O) groups is 2. The maximum atomic E-state index is 12.2. The lowest BCUT2D eigenvalue weighted by Gasteiger charge is -2.18. The quantitative estimate of drug-likeness (QED) is 0.233. The van der Waals surface area contributed by atoms with Crippen LogP contribution in [0.1, 0.15) is 34.8 Å². The van der Waals surface area contributed by atoms with E-state index in [9.17, 15) is 9.59 Å². The van der Waals surface area contributed by atoms with Crippen LogP contribution in [-0.4, -0.2) is 52.6 Å². The van der Waals surface area contributed by atoms with Crippen LogP contribution in [0.4, 0.5) is 0 Å². The Labute approximate surface area is 272 Å². The van der Waals surface area contributed by atoms with Crippen LogP contribution < -0.4 is 23.7 Å². The molecule has 0 amide bonds. The van der Waals surface area contributed by atoms with Gasteiger partial charge in [-0.3, -0.25) is 9.59 Å². The average molecular weight is 639 g/mol. The highest BCUT2D eigenvalue weighted by Gasteiger charge is 2.48. The maximum Gasteiger partial charge on any atom is 0.231 e. The summed E-state index contributed by atoms with van der Waals surface area (Å²) < 4.78 is 44.2.